The molecule has 46 heavy (non-hydrogen) atoms. The molecule has 0 atom stereocenters. The summed E-state index contributed by atoms with van der Waals surface area (Å²) in [4.78, 5) is 0. The van der Waals surface area contributed by atoms with E-state index in [0.717, 1.165) is 0 Å². The van der Waals surface area contributed by atoms with E-state index in [0.29, 0.717) is 0 Å². The Morgan fingerprint density at radius 1 is 0.217 bits per heavy atom. The van der Waals surface area contributed by atoms with Gasteiger partial charge in [0, 0.05) is 0 Å². The Balaban J connectivity index is 2.54. The lowest BCUT2D eigenvalue weighted by molar-refractivity contribution is 0.344. The Hall–Kier alpha value is -4.66. The quantitative estimate of drug-likeness (QED) is 0.100. The van der Waals surface area contributed by atoms with E-state index in [1.807, 2.05) is 0 Å². The maximum atomic E-state index is 15.3. The van der Waals surface area contributed by atoms with E-state index in [1.54, 1.807) is 0 Å². The number of benzene rings is 4. The van der Waals surface area contributed by atoms with Gasteiger partial charge in [-0.2, -0.15) is 8.78 Å². The van der Waals surface area contributed by atoms with Crippen LogP contribution in [0.25, 0.3) is 0 Å². The van der Waals surface area contributed by atoms with Crippen molar-refractivity contribution < 1.29 is 92.5 Å². The summed E-state index contributed by atoms with van der Waals surface area (Å²) >= 11 is 0. The molecule has 4 aromatic rings. The highest BCUT2D eigenvalue weighted by atomic mass is 19.2. The second kappa shape index (κ2) is 11.3. The SMILES string of the molecule is Fc1c(F)c(F)c(O[B-](c2c(F)c(F)c(F)c(F)c2F)(c2c(F)c(F)c(F)c(F)c2F)c2c(F)c(F)c(F)c(F)c2F)c(F)c1F. The van der Waals surface area contributed by atoms with Gasteiger partial charge < -0.3 is 4.65 Å². The Kier molecular flexibility index (Phi) is 8.41. The summed E-state index contributed by atoms with van der Waals surface area (Å²) in [7, 11) is 0. The molecule has 0 aliphatic heterocycles. The molecule has 4 rings (SSSR count). The van der Waals surface area contributed by atoms with E-state index >= 15 is 26.3 Å². The van der Waals surface area contributed by atoms with Crippen LogP contribution in [0.2, 0.25) is 0 Å². The molecule has 246 valence electrons. The van der Waals surface area contributed by atoms with E-state index in [4.69, 9.17) is 0 Å². The smallest absolute Gasteiger partial charge is 0.266 e. The molecule has 22 heteroatoms. The fourth-order valence-corrected chi connectivity index (χ4v) is 4.41. The van der Waals surface area contributed by atoms with Crippen LogP contribution < -0.4 is 21.0 Å². The monoisotopic (exact) mass is 695 g/mol. The third kappa shape index (κ3) is 4.42. The van der Waals surface area contributed by atoms with Gasteiger partial charge in [-0.1, -0.05) is 16.4 Å². The molecule has 0 aromatic heterocycles. The summed E-state index contributed by atoms with van der Waals surface area (Å²) in [5.41, 5.74) is -10.5. The van der Waals surface area contributed by atoms with Crippen molar-refractivity contribution in [2.24, 2.45) is 0 Å². The standard InChI is InChI=1S/C24BF20O/c26-4-1(5(27)11(33)16(38)10(4)32)25(2-6(28)12(34)17(39)13(35)7(2)29,3-8(30)14(36)18(40)15(37)9(3)31)46-24-22(44)20(42)19(41)21(43)23(24)45/q-1. The van der Waals surface area contributed by atoms with Gasteiger partial charge in [-0.3, -0.25) is 0 Å². The molecular formula is C24BF20O-. The van der Waals surface area contributed by atoms with E-state index in [-0.39, 0.29) is 0 Å². The van der Waals surface area contributed by atoms with Crippen LogP contribution in [-0.4, -0.2) is 6.35 Å². The Morgan fingerprint density at radius 3 is 0.565 bits per heavy atom. The zero-order chi connectivity index (χ0) is 35.1. The van der Waals surface area contributed by atoms with Crippen molar-refractivity contribution in [2.75, 3.05) is 0 Å². The first-order valence-corrected chi connectivity index (χ1v) is 11.1. The summed E-state index contributed by atoms with van der Waals surface area (Å²) in [6.45, 7) is 0. The van der Waals surface area contributed by atoms with Gasteiger partial charge >= 0.3 is 0 Å². The van der Waals surface area contributed by atoms with Crippen LogP contribution in [0.5, 0.6) is 5.75 Å². The summed E-state index contributed by atoms with van der Waals surface area (Å²) < 4.78 is 295. The lowest BCUT2D eigenvalue weighted by Gasteiger charge is -2.45. The van der Waals surface area contributed by atoms with Crippen molar-refractivity contribution in [3.05, 3.63) is 116 Å². The molecule has 1 nitrogen and oxygen atoms in total. The molecule has 4 aromatic carbocycles. The van der Waals surface area contributed by atoms with Crippen molar-refractivity contribution in [3.8, 4) is 5.75 Å². The van der Waals surface area contributed by atoms with E-state index in [1.165, 1.54) is 0 Å². The maximum absolute atomic E-state index is 15.3. The van der Waals surface area contributed by atoms with Gasteiger partial charge in [0.25, 0.3) is 6.35 Å². The Bertz CT molecular complexity index is 1710. The lowest BCUT2D eigenvalue weighted by atomic mass is 9.27. The van der Waals surface area contributed by atoms with Gasteiger partial charge in [0.05, 0.1) is 0 Å². The van der Waals surface area contributed by atoms with E-state index in [9.17, 15) is 61.5 Å². The van der Waals surface area contributed by atoms with Gasteiger partial charge in [-0.25, -0.2) is 79.0 Å². The number of rotatable bonds is 5. The molecule has 0 bridgehead atoms. The minimum atomic E-state index is -7.11. The molecule has 0 saturated carbocycles. The molecule has 0 saturated heterocycles. The summed E-state index contributed by atoms with van der Waals surface area (Å²) in [5, 5.41) is 0. The molecule has 0 amide bonds. The molecule has 0 aliphatic rings. The molecule has 0 aliphatic carbocycles. The van der Waals surface area contributed by atoms with Crippen molar-refractivity contribution in [2.45, 2.75) is 0 Å². The second-order valence-electron chi connectivity index (χ2n) is 8.75. The molecule has 0 fully saturated rings. The van der Waals surface area contributed by atoms with Crippen LogP contribution in [0, 0.1) is 116 Å². The molecule has 0 spiro atoms. The minimum Gasteiger partial charge on any atom is -0.698 e. The van der Waals surface area contributed by atoms with Crippen molar-refractivity contribution in [1.82, 2.24) is 0 Å². The second-order valence-corrected chi connectivity index (χ2v) is 8.75. The first kappa shape index (κ1) is 34.2. The van der Waals surface area contributed by atoms with Crippen LogP contribution in [0.4, 0.5) is 87.8 Å². The third-order valence-electron chi connectivity index (χ3n) is 6.42. The van der Waals surface area contributed by atoms with Crippen molar-refractivity contribution in [1.29, 1.82) is 0 Å². The van der Waals surface area contributed by atoms with Gasteiger partial charge in [0.2, 0.25) is 29.1 Å². The zero-order valence-electron chi connectivity index (χ0n) is 20.5. The van der Waals surface area contributed by atoms with Gasteiger partial charge in [-0.05, 0) is 0 Å². The molecule has 0 radical (unpaired) electrons. The van der Waals surface area contributed by atoms with Crippen LogP contribution in [0.15, 0.2) is 0 Å². The van der Waals surface area contributed by atoms with Crippen LogP contribution in [-0.2, 0) is 0 Å². The highest BCUT2D eigenvalue weighted by Gasteiger charge is 2.51. The van der Waals surface area contributed by atoms with Gasteiger partial charge in [0.1, 0.15) is 40.7 Å². The highest BCUT2D eigenvalue weighted by molar-refractivity contribution is 7.07. The topological polar surface area (TPSA) is 9.23 Å². The summed E-state index contributed by atoms with van der Waals surface area (Å²) in [6, 6.07) is 0. The lowest BCUT2D eigenvalue weighted by Crippen LogP contribution is -2.77. The predicted molar refractivity (Wildman–Crippen MR) is 110 cm³/mol. The molecule has 0 N–H and O–H groups in total. The Morgan fingerprint density at radius 2 is 0.370 bits per heavy atom. The molecular weight excluding hydrogens is 695 g/mol. The predicted octanol–water partition coefficient (Wildman–Crippen LogP) is 6.51. The number of hydrogen-bond donors (Lipinski definition) is 0. The molecule has 0 unspecified atom stereocenters. The fraction of sp³-hybridized carbons (Fsp3) is 0. The first-order chi connectivity index (χ1) is 21.2. The fourth-order valence-electron chi connectivity index (χ4n) is 4.41. The van der Waals surface area contributed by atoms with Crippen molar-refractivity contribution >= 4 is 22.7 Å². The van der Waals surface area contributed by atoms with Crippen LogP contribution >= 0.6 is 0 Å². The summed E-state index contributed by atoms with van der Waals surface area (Å²) in [6.07, 6.45) is -7.11. The van der Waals surface area contributed by atoms with Crippen molar-refractivity contribution in [3.63, 3.8) is 0 Å². The van der Waals surface area contributed by atoms with Crippen LogP contribution in [0.1, 0.15) is 0 Å². The number of hydrogen-bond acceptors (Lipinski definition) is 1. The van der Waals surface area contributed by atoms with E-state index in [2.05, 4.69) is 4.65 Å². The molecule has 0 heterocycles. The largest absolute Gasteiger partial charge is 0.698 e. The summed E-state index contributed by atoms with van der Waals surface area (Å²) in [5.74, 6) is -72.8. The minimum absolute atomic E-state index is 3.18. The third-order valence-corrected chi connectivity index (χ3v) is 6.42. The van der Waals surface area contributed by atoms with Crippen LogP contribution in [0.3, 0.4) is 0 Å². The highest BCUT2D eigenvalue weighted by Crippen LogP contribution is 2.34. The first-order valence-electron chi connectivity index (χ1n) is 11.1. The zero-order valence-corrected chi connectivity index (χ0v) is 20.5. The average molecular weight is 695 g/mol. The van der Waals surface area contributed by atoms with Gasteiger partial charge in [-0.15, -0.1) is 0 Å². The maximum Gasteiger partial charge on any atom is 0.266 e. The normalized spacial score (nSPS) is 11.9. The van der Waals surface area contributed by atoms with E-state index < -0.39 is 145 Å². The average Bonchev–Trinajstić information content (AvgIpc) is 3.02. The number of halogens is 20. The Labute approximate surface area is 238 Å². The van der Waals surface area contributed by atoms with Gasteiger partial charge in [0.15, 0.2) is 52.4 Å².